The van der Waals surface area contributed by atoms with Crippen LogP contribution >= 0.6 is 22.6 Å². The van der Waals surface area contributed by atoms with Crippen molar-refractivity contribution in [3.8, 4) is 0 Å². The maximum atomic E-state index is 11.0. The van der Waals surface area contributed by atoms with E-state index in [1.54, 1.807) is 28.7 Å². The van der Waals surface area contributed by atoms with Gasteiger partial charge in [-0.15, -0.1) is 0 Å². The van der Waals surface area contributed by atoms with Crippen LogP contribution in [0.25, 0.3) is 0 Å². The summed E-state index contributed by atoms with van der Waals surface area (Å²) >= 11 is 1.76. The molecule has 0 saturated carbocycles. The summed E-state index contributed by atoms with van der Waals surface area (Å²) in [6.45, 7) is 0.422. The van der Waals surface area contributed by atoms with Crippen LogP contribution in [0.15, 0.2) is 24.3 Å². The van der Waals surface area contributed by atoms with Crippen molar-refractivity contribution in [2.24, 2.45) is 5.73 Å². The van der Waals surface area contributed by atoms with Crippen LogP contribution in [0.5, 0.6) is 0 Å². The predicted octanol–water partition coefficient (Wildman–Crippen LogP) is 1.72. The maximum absolute atomic E-state index is 11.0. The molecule has 0 heterocycles. The van der Waals surface area contributed by atoms with Crippen LogP contribution in [0.4, 0.5) is 0 Å². The Balaban J connectivity index is 3.12. The van der Waals surface area contributed by atoms with Gasteiger partial charge in [-0.05, 0) is 5.56 Å². The summed E-state index contributed by atoms with van der Waals surface area (Å²) in [5, 5.41) is 0. The van der Waals surface area contributed by atoms with Crippen LogP contribution in [-0.2, 0) is 6.54 Å². The third kappa shape index (κ3) is 2.00. The average Bonchev–Trinajstić information content (AvgIpc) is 2.04. The molecule has 0 aliphatic carbocycles. The van der Waals surface area contributed by atoms with Gasteiger partial charge in [0.25, 0.3) is 0 Å². The molecule has 0 aliphatic heterocycles. The van der Waals surface area contributed by atoms with Crippen molar-refractivity contribution in [2.75, 3.05) is 0 Å². The minimum atomic E-state index is 0.0450. The van der Waals surface area contributed by atoms with Crippen LogP contribution in [0.2, 0.25) is 0 Å². The molecule has 0 aliphatic rings. The summed E-state index contributed by atoms with van der Waals surface area (Å²) in [7, 11) is 0. The highest BCUT2D eigenvalue weighted by Crippen LogP contribution is 2.11. The van der Waals surface area contributed by atoms with Crippen LogP contribution in [0, 0.1) is 0 Å². The summed E-state index contributed by atoms with van der Waals surface area (Å²) in [6.07, 6.45) is 0. The van der Waals surface area contributed by atoms with Crippen molar-refractivity contribution in [2.45, 2.75) is 6.54 Å². The summed E-state index contributed by atoms with van der Waals surface area (Å²) in [6, 6.07) is 7.37. The maximum Gasteiger partial charge on any atom is 0.222 e. The molecule has 3 heteroatoms. The van der Waals surface area contributed by atoms with E-state index in [0.29, 0.717) is 6.54 Å². The Morgan fingerprint density at radius 2 is 2.09 bits per heavy atom. The van der Waals surface area contributed by atoms with Crippen LogP contribution in [0.3, 0.4) is 0 Å². The van der Waals surface area contributed by atoms with Gasteiger partial charge < -0.3 is 5.73 Å². The van der Waals surface area contributed by atoms with E-state index in [1.165, 1.54) is 0 Å². The van der Waals surface area contributed by atoms with Gasteiger partial charge in [0, 0.05) is 34.7 Å². The first kappa shape index (κ1) is 8.67. The Morgan fingerprint density at radius 1 is 1.45 bits per heavy atom. The zero-order valence-corrected chi connectivity index (χ0v) is 8.04. The molecular formula is C8H8INO. The molecule has 0 spiro atoms. The van der Waals surface area contributed by atoms with E-state index >= 15 is 0 Å². The van der Waals surface area contributed by atoms with E-state index < -0.39 is 0 Å². The molecule has 0 radical (unpaired) electrons. The molecule has 11 heavy (non-hydrogen) atoms. The lowest BCUT2D eigenvalue weighted by atomic mass is 10.1. The second kappa shape index (κ2) is 3.82. The standard InChI is InChI=1S/C8H8INO/c9-8(11)7-4-2-1-3-6(7)5-10/h1-4H,5,10H2. The number of carbonyl (C=O) groups is 1. The SMILES string of the molecule is NCc1ccccc1C(=O)I. The Morgan fingerprint density at radius 3 is 2.55 bits per heavy atom. The van der Waals surface area contributed by atoms with Gasteiger partial charge in [0.05, 0.1) is 0 Å². The van der Waals surface area contributed by atoms with Gasteiger partial charge in [0.2, 0.25) is 3.79 Å². The summed E-state index contributed by atoms with van der Waals surface area (Å²) in [5.41, 5.74) is 7.06. The lowest BCUT2D eigenvalue weighted by Crippen LogP contribution is -2.02. The van der Waals surface area contributed by atoms with Crippen molar-refractivity contribution in [1.82, 2.24) is 0 Å². The van der Waals surface area contributed by atoms with E-state index in [9.17, 15) is 4.79 Å². The molecule has 58 valence electrons. The molecule has 2 nitrogen and oxygen atoms in total. The number of carbonyl (C=O) groups excluding carboxylic acids is 1. The van der Waals surface area contributed by atoms with E-state index in [2.05, 4.69) is 0 Å². The highest BCUT2D eigenvalue weighted by molar-refractivity contribution is 14.1. The molecule has 2 N–H and O–H groups in total. The third-order valence-electron chi connectivity index (χ3n) is 1.45. The Bertz CT molecular complexity index is 273. The molecular weight excluding hydrogens is 253 g/mol. The van der Waals surface area contributed by atoms with Gasteiger partial charge in [-0.25, -0.2) is 0 Å². The number of hydrogen-bond donors (Lipinski definition) is 1. The number of nitrogens with two attached hydrogens (primary N) is 1. The van der Waals surface area contributed by atoms with E-state index in [4.69, 9.17) is 5.73 Å². The first-order valence-corrected chi connectivity index (χ1v) is 4.31. The third-order valence-corrected chi connectivity index (χ3v) is 2.03. The Hall–Kier alpha value is -0.420. The number of hydrogen-bond acceptors (Lipinski definition) is 2. The van der Waals surface area contributed by atoms with Crippen molar-refractivity contribution in [3.63, 3.8) is 0 Å². The van der Waals surface area contributed by atoms with Crippen LogP contribution in [0.1, 0.15) is 15.9 Å². The molecule has 1 aromatic rings. The average molecular weight is 261 g/mol. The van der Waals surface area contributed by atoms with Crippen molar-refractivity contribution < 1.29 is 4.79 Å². The van der Waals surface area contributed by atoms with Crippen molar-refractivity contribution in [1.29, 1.82) is 0 Å². The molecule has 0 saturated heterocycles. The fourth-order valence-corrected chi connectivity index (χ4v) is 1.42. The van der Waals surface area contributed by atoms with Gasteiger partial charge in [0.15, 0.2) is 0 Å². The predicted molar refractivity (Wildman–Crippen MR) is 52.7 cm³/mol. The molecule has 1 aromatic carbocycles. The largest absolute Gasteiger partial charge is 0.326 e. The van der Waals surface area contributed by atoms with Gasteiger partial charge in [-0.2, -0.15) is 0 Å². The molecule has 0 bridgehead atoms. The Labute approximate surface area is 78.9 Å². The number of rotatable bonds is 2. The summed E-state index contributed by atoms with van der Waals surface area (Å²) < 4.78 is 0.0450. The lowest BCUT2D eigenvalue weighted by molar-refractivity contribution is 0.110. The number of halogens is 1. The number of benzene rings is 1. The fourth-order valence-electron chi connectivity index (χ4n) is 0.890. The van der Waals surface area contributed by atoms with Gasteiger partial charge in [0.1, 0.15) is 0 Å². The quantitative estimate of drug-likeness (QED) is 0.650. The molecule has 0 amide bonds. The van der Waals surface area contributed by atoms with Crippen LogP contribution in [-0.4, -0.2) is 3.79 Å². The van der Waals surface area contributed by atoms with Gasteiger partial charge in [-0.1, -0.05) is 24.3 Å². The van der Waals surface area contributed by atoms with Crippen molar-refractivity contribution in [3.05, 3.63) is 35.4 Å². The van der Waals surface area contributed by atoms with Crippen molar-refractivity contribution >= 4 is 26.4 Å². The van der Waals surface area contributed by atoms with E-state index in [-0.39, 0.29) is 3.79 Å². The minimum Gasteiger partial charge on any atom is -0.326 e. The zero-order valence-electron chi connectivity index (χ0n) is 5.88. The second-order valence-electron chi connectivity index (χ2n) is 2.13. The summed E-state index contributed by atoms with van der Waals surface area (Å²) in [5.74, 6) is 0. The monoisotopic (exact) mass is 261 g/mol. The highest BCUT2D eigenvalue weighted by Gasteiger charge is 2.04. The molecule has 1 rings (SSSR count). The highest BCUT2D eigenvalue weighted by atomic mass is 127. The van der Waals surface area contributed by atoms with Crippen LogP contribution < -0.4 is 5.73 Å². The summed E-state index contributed by atoms with van der Waals surface area (Å²) in [4.78, 5) is 11.0. The van der Waals surface area contributed by atoms with Gasteiger partial charge in [-0.3, -0.25) is 4.79 Å². The molecule has 0 unspecified atom stereocenters. The minimum absolute atomic E-state index is 0.0450. The molecule has 0 aromatic heterocycles. The fraction of sp³-hybridized carbons (Fsp3) is 0.125. The first-order valence-electron chi connectivity index (χ1n) is 3.23. The van der Waals surface area contributed by atoms with E-state index in [0.717, 1.165) is 11.1 Å². The lowest BCUT2D eigenvalue weighted by Gasteiger charge is -2.00. The smallest absolute Gasteiger partial charge is 0.222 e. The topological polar surface area (TPSA) is 43.1 Å². The molecule has 0 atom stereocenters. The normalized spacial score (nSPS) is 9.64. The zero-order chi connectivity index (χ0) is 8.27. The van der Waals surface area contributed by atoms with E-state index in [1.807, 2.05) is 18.2 Å². The first-order chi connectivity index (χ1) is 5.25. The van der Waals surface area contributed by atoms with Gasteiger partial charge >= 0.3 is 0 Å². The Kier molecular flexibility index (Phi) is 3.02. The molecule has 0 fully saturated rings. The second-order valence-corrected chi connectivity index (χ2v) is 3.11.